The van der Waals surface area contributed by atoms with Crippen LogP contribution in [0.4, 0.5) is 14.5 Å². The molecule has 10 heteroatoms. The van der Waals surface area contributed by atoms with E-state index < -0.39 is 24.7 Å². The zero-order chi connectivity index (χ0) is 23.2. The number of hydrogen-bond donors (Lipinski definition) is 3. The zero-order valence-corrected chi connectivity index (χ0v) is 17.9. The van der Waals surface area contributed by atoms with Crippen LogP contribution in [0, 0.1) is 0 Å². The average Bonchev–Trinajstić information content (AvgIpc) is 3.32. The lowest BCUT2D eigenvalue weighted by atomic mass is 10.0. The Morgan fingerprint density at radius 1 is 1.09 bits per heavy atom. The molecule has 3 heterocycles. The van der Waals surface area contributed by atoms with Crippen molar-refractivity contribution in [3.05, 3.63) is 59.6 Å². The van der Waals surface area contributed by atoms with Crippen molar-refractivity contribution in [1.29, 1.82) is 0 Å². The first-order chi connectivity index (χ1) is 15.8. The maximum absolute atomic E-state index is 14.2. The minimum Gasteiger partial charge on any atom is -0.452 e. The Labute approximate surface area is 192 Å². The summed E-state index contributed by atoms with van der Waals surface area (Å²) in [5.41, 5.74) is 10.5. The number of fused-ring (bicyclic) bond motifs is 1. The molecular formula is C23H19ClF2N4O3. The summed E-state index contributed by atoms with van der Waals surface area (Å²) in [4.78, 5) is 11.5. The summed E-state index contributed by atoms with van der Waals surface area (Å²) in [6.45, 7) is -1.17. The highest BCUT2D eigenvalue weighted by Gasteiger charge is 2.55. The molecule has 0 spiro atoms. The highest BCUT2D eigenvalue weighted by Crippen LogP contribution is 2.35. The number of aliphatic hydroxyl groups is 1. The van der Waals surface area contributed by atoms with Crippen molar-refractivity contribution in [2.24, 2.45) is 0 Å². The van der Waals surface area contributed by atoms with Gasteiger partial charge >= 0.3 is 5.92 Å². The third kappa shape index (κ3) is 3.99. The highest BCUT2D eigenvalue weighted by molar-refractivity contribution is 6.33. The van der Waals surface area contributed by atoms with E-state index in [0.717, 1.165) is 16.7 Å². The maximum Gasteiger partial charge on any atom is 0.314 e. The molecule has 0 amide bonds. The third-order valence-corrected chi connectivity index (χ3v) is 5.82. The van der Waals surface area contributed by atoms with Crippen molar-refractivity contribution in [1.82, 2.24) is 15.0 Å². The van der Waals surface area contributed by atoms with E-state index in [9.17, 15) is 8.78 Å². The molecule has 0 saturated carbocycles. The van der Waals surface area contributed by atoms with Crippen molar-refractivity contribution < 1.29 is 23.4 Å². The van der Waals surface area contributed by atoms with Crippen molar-refractivity contribution in [3.63, 3.8) is 0 Å². The first-order valence-electron chi connectivity index (χ1n) is 10.1. The van der Waals surface area contributed by atoms with Gasteiger partial charge in [-0.2, -0.15) is 13.8 Å². The van der Waals surface area contributed by atoms with E-state index in [2.05, 4.69) is 15.0 Å². The predicted molar refractivity (Wildman–Crippen MR) is 120 cm³/mol. The van der Waals surface area contributed by atoms with E-state index in [1.165, 1.54) is 0 Å². The monoisotopic (exact) mass is 472 g/mol. The molecule has 2 aromatic carbocycles. The van der Waals surface area contributed by atoms with Gasteiger partial charge in [-0.15, -0.1) is 0 Å². The number of hydrogen-bond acceptors (Lipinski definition) is 6. The lowest BCUT2D eigenvalue weighted by molar-refractivity contribution is -0.118. The van der Waals surface area contributed by atoms with Gasteiger partial charge in [-0.05, 0) is 29.3 Å². The molecule has 4 N–H and O–H groups in total. The molecule has 33 heavy (non-hydrogen) atoms. The number of pyridine rings is 1. The summed E-state index contributed by atoms with van der Waals surface area (Å²) >= 11 is 6.44. The SMILES string of the molecule is Nc1ccc(-c2ccc(-c3nc4nc(O[C@@H]5CO[C@H](CO)C5(F)F)[nH]c4cc3Cl)cc2)cc1. The van der Waals surface area contributed by atoms with Crippen LogP contribution in [0.1, 0.15) is 0 Å². The zero-order valence-electron chi connectivity index (χ0n) is 17.1. The topological polar surface area (TPSA) is 106 Å². The number of rotatable bonds is 5. The van der Waals surface area contributed by atoms with E-state index in [-0.39, 0.29) is 18.3 Å². The molecule has 5 rings (SSSR count). The van der Waals surface area contributed by atoms with Gasteiger partial charge in [0.25, 0.3) is 6.01 Å². The normalized spacial score (nSPS) is 19.8. The molecule has 4 aromatic rings. The maximum atomic E-state index is 14.2. The summed E-state index contributed by atoms with van der Waals surface area (Å²) in [5, 5.41) is 9.42. The molecule has 1 saturated heterocycles. The number of alkyl halides is 2. The minimum atomic E-state index is -3.35. The van der Waals surface area contributed by atoms with E-state index in [0.29, 0.717) is 21.9 Å². The Kier molecular flexibility index (Phi) is 5.40. The van der Waals surface area contributed by atoms with Gasteiger partial charge in [-0.3, -0.25) is 0 Å². The second-order valence-corrected chi connectivity index (χ2v) is 8.12. The van der Waals surface area contributed by atoms with Crippen LogP contribution in [-0.4, -0.2) is 51.4 Å². The fourth-order valence-electron chi connectivity index (χ4n) is 3.70. The molecule has 170 valence electrons. The molecule has 0 radical (unpaired) electrons. The fourth-order valence-corrected chi connectivity index (χ4v) is 3.97. The van der Waals surface area contributed by atoms with Crippen LogP contribution in [-0.2, 0) is 4.74 Å². The number of halogens is 3. The number of nitrogens with zero attached hydrogens (tertiary/aromatic N) is 2. The molecule has 0 aliphatic carbocycles. The van der Waals surface area contributed by atoms with Crippen molar-refractivity contribution in [3.8, 4) is 28.4 Å². The van der Waals surface area contributed by atoms with Gasteiger partial charge in [-0.1, -0.05) is 48.0 Å². The van der Waals surface area contributed by atoms with Crippen molar-refractivity contribution in [2.75, 3.05) is 18.9 Å². The predicted octanol–water partition coefficient (Wildman–Crippen LogP) is 4.30. The number of ether oxygens (including phenoxy) is 2. The van der Waals surface area contributed by atoms with Gasteiger partial charge in [-0.25, -0.2) is 4.98 Å². The summed E-state index contributed by atoms with van der Waals surface area (Å²) in [6.07, 6.45) is -3.19. The quantitative estimate of drug-likeness (QED) is 0.374. The molecule has 2 aromatic heterocycles. The number of anilines is 1. The second-order valence-electron chi connectivity index (χ2n) is 7.72. The Balaban J connectivity index is 1.41. The Morgan fingerprint density at radius 2 is 1.73 bits per heavy atom. The molecule has 0 unspecified atom stereocenters. The summed E-state index contributed by atoms with van der Waals surface area (Å²) in [5.74, 6) is -3.35. The molecule has 2 atom stereocenters. The third-order valence-electron chi connectivity index (χ3n) is 5.53. The van der Waals surface area contributed by atoms with Gasteiger partial charge < -0.3 is 25.3 Å². The van der Waals surface area contributed by atoms with Crippen LogP contribution in [0.5, 0.6) is 6.01 Å². The number of H-pyrrole nitrogens is 1. The fraction of sp³-hybridized carbons (Fsp3) is 0.217. The lowest BCUT2D eigenvalue weighted by Crippen LogP contribution is -2.43. The second kappa shape index (κ2) is 8.26. The minimum absolute atomic E-state index is 0.128. The standard InChI is InChI=1S/C23H19ClF2N4O3/c24-16-9-17-21(30-22(28-17)33-19-11-32-18(10-31)23(19,25)26)29-20(16)14-3-1-12(2-4-14)13-5-7-15(27)8-6-13/h1-9,18-19,31H,10-11,27H2,(H,28,29,30)/t18-,19-/m1/s1. The van der Waals surface area contributed by atoms with E-state index in [1.807, 2.05) is 48.5 Å². The van der Waals surface area contributed by atoms with Crippen LogP contribution in [0.15, 0.2) is 54.6 Å². The van der Waals surface area contributed by atoms with Crippen molar-refractivity contribution >= 4 is 28.5 Å². The van der Waals surface area contributed by atoms with E-state index in [4.69, 9.17) is 31.9 Å². The van der Waals surface area contributed by atoms with Crippen LogP contribution in [0.25, 0.3) is 33.5 Å². The van der Waals surface area contributed by atoms with Crippen LogP contribution in [0.2, 0.25) is 5.02 Å². The number of aromatic nitrogens is 3. The van der Waals surface area contributed by atoms with Gasteiger partial charge in [0.15, 0.2) is 11.8 Å². The summed E-state index contributed by atoms with van der Waals surface area (Å²) < 4.78 is 38.7. The number of nitrogens with one attached hydrogen (secondary N) is 1. The average molecular weight is 473 g/mol. The van der Waals surface area contributed by atoms with Crippen LogP contribution < -0.4 is 10.5 Å². The molecular weight excluding hydrogens is 454 g/mol. The number of benzene rings is 2. The molecule has 0 bridgehead atoms. The van der Waals surface area contributed by atoms with Gasteiger partial charge in [0, 0.05) is 11.3 Å². The number of nitrogens with two attached hydrogens (primary N) is 1. The van der Waals surface area contributed by atoms with Gasteiger partial charge in [0.1, 0.15) is 6.10 Å². The number of aliphatic hydroxyl groups excluding tert-OH is 1. The largest absolute Gasteiger partial charge is 0.452 e. The van der Waals surface area contributed by atoms with Crippen molar-refractivity contribution in [2.45, 2.75) is 18.1 Å². The van der Waals surface area contributed by atoms with E-state index in [1.54, 1.807) is 6.07 Å². The Morgan fingerprint density at radius 3 is 2.36 bits per heavy atom. The van der Waals surface area contributed by atoms with Gasteiger partial charge in [0.2, 0.25) is 0 Å². The smallest absolute Gasteiger partial charge is 0.314 e. The first kappa shape index (κ1) is 21.6. The van der Waals surface area contributed by atoms with Crippen LogP contribution in [0.3, 0.4) is 0 Å². The summed E-state index contributed by atoms with van der Waals surface area (Å²) in [6, 6.07) is 16.7. The molecule has 1 fully saturated rings. The highest BCUT2D eigenvalue weighted by atomic mass is 35.5. The van der Waals surface area contributed by atoms with E-state index >= 15 is 0 Å². The first-order valence-corrected chi connectivity index (χ1v) is 10.5. The molecule has 1 aliphatic rings. The molecule has 1 aliphatic heterocycles. The lowest BCUT2D eigenvalue weighted by Gasteiger charge is -2.20. The molecule has 7 nitrogen and oxygen atoms in total. The Hall–Kier alpha value is -3.27. The van der Waals surface area contributed by atoms with Gasteiger partial charge in [0.05, 0.1) is 29.4 Å². The number of aromatic amines is 1. The Bertz CT molecular complexity index is 1300. The number of nitrogen functional groups attached to an aromatic ring is 1. The van der Waals surface area contributed by atoms with Crippen LogP contribution >= 0.6 is 11.6 Å². The summed E-state index contributed by atoms with van der Waals surface area (Å²) in [7, 11) is 0. The number of imidazole rings is 1.